The molecule has 1 fully saturated rings. The van der Waals surface area contributed by atoms with Crippen LogP contribution in [0.25, 0.3) is 0 Å². The zero-order valence-corrected chi connectivity index (χ0v) is 6.39. The molecule has 0 radical (unpaired) electrons. The maximum atomic E-state index is 7.20. The number of rotatable bonds is 0. The summed E-state index contributed by atoms with van der Waals surface area (Å²) in [5, 5.41) is 0. The van der Waals surface area contributed by atoms with Gasteiger partial charge < -0.3 is 9.31 Å². The van der Waals surface area contributed by atoms with E-state index in [0.29, 0.717) is 0 Å². The molecule has 3 heteroatoms. The van der Waals surface area contributed by atoms with E-state index in [-0.39, 0.29) is 11.2 Å². The van der Waals surface area contributed by atoms with Crippen LogP contribution in [-0.2, 0) is 9.31 Å². The SMILES string of the molecule is [3H]B1OC(C)(C)C(C)(C)O1. The Morgan fingerprint density at radius 3 is 1.56 bits per heavy atom. The van der Waals surface area contributed by atoms with Crippen molar-refractivity contribution in [3.8, 4) is 0 Å². The Morgan fingerprint density at radius 1 is 1.11 bits per heavy atom. The lowest BCUT2D eigenvalue weighted by molar-refractivity contribution is 0.00578. The second-order valence-corrected chi connectivity index (χ2v) is 3.35. The highest BCUT2D eigenvalue weighted by Crippen LogP contribution is 2.33. The van der Waals surface area contributed by atoms with E-state index in [1.165, 1.54) is 0 Å². The van der Waals surface area contributed by atoms with E-state index in [4.69, 9.17) is 10.6 Å². The van der Waals surface area contributed by atoms with Gasteiger partial charge >= 0.3 is 7.65 Å². The predicted octanol–water partition coefficient (Wildman–Crippen LogP) is 0.857. The van der Waals surface area contributed by atoms with Crippen LogP contribution in [0.4, 0.5) is 0 Å². The van der Waals surface area contributed by atoms with E-state index in [1.807, 2.05) is 27.7 Å². The third kappa shape index (κ3) is 0.991. The van der Waals surface area contributed by atoms with Gasteiger partial charge in [-0.3, -0.25) is 0 Å². The molecular formula is C6H13BO2. The lowest BCUT2D eigenvalue weighted by Crippen LogP contribution is -2.41. The van der Waals surface area contributed by atoms with Gasteiger partial charge in [0, 0.05) is 0 Å². The first kappa shape index (κ1) is 5.75. The van der Waals surface area contributed by atoms with E-state index in [0.717, 1.165) is 0 Å². The second-order valence-electron chi connectivity index (χ2n) is 3.35. The molecule has 0 unspecified atom stereocenters. The van der Waals surface area contributed by atoms with Crippen molar-refractivity contribution >= 4 is 7.65 Å². The molecular weight excluding hydrogens is 115 g/mol. The Hall–Kier alpha value is -0.0151. The van der Waals surface area contributed by atoms with Gasteiger partial charge in [-0.05, 0) is 27.7 Å². The van der Waals surface area contributed by atoms with E-state index < -0.39 is 7.65 Å². The molecule has 9 heavy (non-hydrogen) atoms. The van der Waals surface area contributed by atoms with Gasteiger partial charge in [-0.1, -0.05) is 0 Å². The van der Waals surface area contributed by atoms with Gasteiger partial charge in [0.1, 0.15) is 0 Å². The standard InChI is InChI=1S/C6H13BO2/c1-5(2)6(3,4)9-7-8-5/h7H,1-4H3/i7T. The average molecular weight is 130 g/mol. The lowest BCUT2D eigenvalue weighted by Gasteiger charge is -2.32. The third-order valence-electron chi connectivity index (χ3n) is 2.14. The molecule has 0 amide bonds. The lowest BCUT2D eigenvalue weighted by atomic mass is 9.90. The van der Waals surface area contributed by atoms with Crippen LogP contribution in [0.3, 0.4) is 0 Å². The zero-order valence-electron chi connectivity index (χ0n) is 7.39. The topological polar surface area (TPSA) is 18.5 Å². The van der Waals surface area contributed by atoms with Crippen LogP contribution >= 0.6 is 0 Å². The quantitative estimate of drug-likeness (QED) is 0.452. The van der Waals surface area contributed by atoms with E-state index in [2.05, 4.69) is 0 Å². The number of hydrogen-bond acceptors (Lipinski definition) is 2. The molecule has 0 aromatic carbocycles. The summed E-state index contributed by atoms with van der Waals surface area (Å²) in [5.41, 5.74) is -0.696. The summed E-state index contributed by atoms with van der Waals surface area (Å²) >= 11 is 0. The Bertz CT molecular complexity index is 131. The Balaban J connectivity index is 2.78. The molecule has 2 nitrogen and oxygen atoms in total. The highest BCUT2D eigenvalue weighted by molar-refractivity contribution is 6.19. The average Bonchev–Trinajstić information content (AvgIpc) is 1.73. The van der Waals surface area contributed by atoms with E-state index >= 15 is 0 Å². The molecule has 0 N–H and O–H groups in total. The minimum atomic E-state index is -0.815. The molecule has 0 saturated carbocycles. The molecule has 0 aliphatic carbocycles. The fourth-order valence-electron chi connectivity index (χ4n) is 0.548. The van der Waals surface area contributed by atoms with Gasteiger partial charge in [-0.2, -0.15) is 0 Å². The van der Waals surface area contributed by atoms with Crippen LogP contribution in [0.15, 0.2) is 0 Å². The molecule has 1 saturated heterocycles. The predicted molar refractivity (Wildman–Crippen MR) is 37.5 cm³/mol. The molecule has 52 valence electrons. The van der Waals surface area contributed by atoms with Crippen LogP contribution in [0.1, 0.15) is 27.7 Å². The first-order chi connectivity index (χ1) is 4.35. The second kappa shape index (κ2) is 1.73. The van der Waals surface area contributed by atoms with Crippen LogP contribution < -0.4 is 0 Å². The van der Waals surface area contributed by atoms with Crippen molar-refractivity contribution in [2.75, 3.05) is 0 Å². The van der Waals surface area contributed by atoms with Gasteiger partial charge in [0.05, 0.1) is 12.5 Å². The summed E-state index contributed by atoms with van der Waals surface area (Å²) < 4.78 is 17.6. The molecule has 1 heterocycles. The fraction of sp³-hybridized carbons (Fsp3) is 1.00. The molecule has 1 rings (SSSR count). The van der Waals surface area contributed by atoms with E-state index in [9.17, 15) is 0 Å². The molecule has 0 atom stereocenters. The van der Waals surface area contributed by atoms with E-state index in [1.54, 1.807) is 0 Å². The van der Waals surface area contributed by atoms with Crippen molar-refractivity contribution in [2.24, 2.45) is 0 Å². The summed E-state index contributed by atoms with van der Waals surface area (Å²) in [5.74, 6) is 0. The molecule has 0 spiro atoms. The first-order valence-electron chi connectivity index (χ1n) is 3.71. The number of hydrogen-bond donors (Lipinski definition) is 0. The van der Waals surface area contributed by atoms with Gasteiger partial charge in [-0.15, -0.1) is 0 Å². The molecule has 0 bridgehead atoms. The largest absolute Gasteiger partial charge is 0.439 e. The summed E-state index contributed by atoms with van der Waals surface area (Å²) in [4.78, 5) is 0. The monoisotopic (exact) mass is 130 g/mol. The highest BCUT2D eigenvalue weighted by atomic mass is 16.7. The first-order valence-corrected chi connectivity index (χ1v) is 3.13. The third-order valence-corrected chi connectivity index (χ3v) is 2.14. The Morgan fingerprint density at radius 2 is 1.44 bits per heavy atom. The molecule has 1 aliphatic heterocycles. The van der Waals surface area contributed by atoms with Crippen molar-refractivity contribution in [3.05, 3.63) is 0 Å². The summed E-state index contributed by atoms with van der Waals surface area (Å²) in [6, 6.07) is 0. The molecule has 0 aromatic heterocycles. The van der Waals surface area contributed by atoms with Gasteiger partial charge in [0.15, 0.2) is 0 Å². The van der Waals surface area contributed by atoms with Crippen LogP contribution in [0.5, 0.6) is 0 Å². The highest BCUT2D eigenvalue weighted by Gasteiger charge is 2.44. The Labute approximate surface area is 58.2 Å². The Kier molecular flexibility index (Phi) is 1.11. The zero-order chi connectivity index (χ0) is 7.99. The smallest absolute Gasteiger partial charge is 0.406 e. The summed E-state index contributed by atoms with van der Waals surface area (Å²) in [7, 11) is -0.815. The molecule has 1 aliphatic rings. The minimum absolute atomic E-state index is 0.348. The van der Waals surface area contributed by atoms with Gasteiger partial charge in [0.25, 0.3) is 0 Å². The van der Waals surface area contributed by atoms with Crippen molar-refractivity contribution in [1.82, 2.24) is 0 Å². The molecule has 0 aromatic rings. The fourth-order valence-corrected chi connectivity index (χ4v) is 0.548. The van der Waals surface area contributed by atoms with Crippen LogP contribution in [0, 0.1) is 0 Å². The van der Waals surface area contributed by atoms with Crippen molar-refractivity contribution in [2.45, 2.75) is 38.9 Å². The summed E-state index contributed by atoms with van der Waals surface area (Å²) in [6.45, 7) is 7.73. The van der Waals surface area contributed by atoms with Crippen LogP contribution in [-0.4, -0.2) is 20.2 Å². The van der Waals surface area contributed by atoms with Gasteiger partial charge in [0.2, 0.25) is 0 Å². The van der Waals surface area contributed by atoms with Crippen molar-refractivity contribution in [3.63, 3.8) is 0 Å². The van der Waals surface area contributed by atoms with Crippen LogP contribution in [0.2, 0.25) is 0 Å². The minimum Gasteiger partial charge on any atom is -0.406 e. The maximum Gasteiger partial charge on any atom is 0.439 e. The van der Waals surface area contributed by atoms with Crippen molar-refractivity contribution < 1.29 is 9.31 Å². The maximum absolute atomic E-state index is 7.20. The van der Waals surface area contributed by atoms with Crippen molar-refractivity contribution in [1.29, 1.82) is 1.34 Å². The normalized spacial score (nSPS) is 32.4. The summed E-state index contributed by atoms with van der Waals surface area (Å²) in [6.07, 6.45) is 0. The van der Waals surface area contributed by atoms with Gasteiger partial charge in [-0.25, -0.2) is 0 Å².